The Morgan fingerprint density at radius 1 is 0.778 bits per heavy atom. The van der Waals surface area contributed by atoms with E-state index in [1.165, 1.54) is 18.2 Å². The molecule has 0 unspecified atom stereocenters. The Bertz CT molecular complexity index is 1200. The zero-order chi connectivity index (χ0) is 25.7. The molecule has 190 valence electrons. The quantitative estimate of drug-likeness (QED) is 0.167. The van der Waals surface area contributed by atoms with Gasteiger partial charge in [-0.3, -0.25) is 0 Å². The van der Waals surface area contributed by atoms with Crippen LogP contribution < -0.4 is 9.47 Å². The zero-order valence-corrected chi connectivity index (χ0v) is 20.3. The first-order valence-electron chi connectivity index (χ1n) is 12.3. The van der Waals surface area contributed by atoms with Gasteiger partial charge in [-0.2, -0.15) is 8.78 Å². The second-order valence-corrected chi connectivity index (χ2v) is 9.39. The van der Waals surface area contributed by atoms with E-state index in [1.807, 2.05) is 0 Å². The van der Waals surface area contributed by atoms with Crippen molar-refractivity contribution in [2.75, 3.05) is 6.61 Å². The zero-order valence-electron chi connectivity index (χ0n) is 20.3. The molecule has 0 aromatic heterocycles. The maximum Gasteiger partial charge on any atom is 0.201 e. The first-order chi connectivity index (χ1) is 17.4. The molecule has 1 saturated carbocycles. The smallest absolute Gasteiger partial charge is 0.201 e. The lowest BCUT2D eigenvalue weighted by atomic mass is 9.79. The van der Waals surface area contributed by atoms with Gasteiger partial charge < -0.3 is 9.47 Å². The van der Waals surface area contributed by atoms with Crippen LogP contribution in [-0.2, 0) is 6.61 Å². The van der Waals surface area contributed by atoms with Gasteiger partial charge in [-0.15, -0.1) is 6.58 Å². The summed E-state index contributed by atoms with van der Waals surface area (Å²) in [5.74, 6) is -3.50. The summed E-state index contributed by atoms with van der Waals surface area (Å²) in [6, 6.07) is 12.6. The third kappa shape index (κ3) is 5.75. The second kappa shape index (κ2) is 11.6. The standard InChI is InChI=1S/C30H30F4O2/c1-3-4-17-35-25-15-13-24(27(31)29(25)33)22-11-7-20(8-12-22)18-36-26-16-14-23(28(32)30(26)34)21-9-5-19(2)6-10-21/h3,7-8,11-16,19,21H,1,4-6,9-10,17-18H2,2H3. The Balaban J connectivity index is 1.41. The van der Waals surface area contributed by atoms with E-state index in [0.29, 0.717) is 29.0 Å². The van der Waals surface area contributed by atoms with Gasteiger partial charge in [0.25, 0.3) is 0 Å². The monoisotopic (exact) mass is 498 g/mol. The van der Waals surface area contributed by atoms with Crippen molar-refractivity contribution in [2.24, 2.45) is 5.92 Å². The molecule has 4 rings (SSSR count). The van der Waals surface area contributed by atoms with Crippen molar-refractivity contribution in [3.8, 4) is 22.6 Å². The summed E-state index contributed by atoms with van der Waals surface area (Å²) in [6.45, 7) is 5.96. The summed E-state index contributed by atoms with van der Waals surface area (Å²) < 4.78 is 69.3. The fraction of sp³-hybridized carbons (Fsp3) is 0.333. The second-order valence-electron chi connectivity index (χ2n) is 9.39. The lowest BCUT2D eigenvalue weighted by Crippen LogP contribution is -2.13. The lowest BCUT2D eigenvalue weighted by molar-refractivity contribution is 0.282. The van der Waals surface area contributed by atoms with Gasteiger partial charge in [-0.05, 0) is 66.0 Å². The molecule has 0 saturated heterocycles. The predicted octanol–water partition coefficient (Wildman–Crippen LogP) is 8.74. The normalized spacial score (nSPS) is 17.6. The van der Waals surface area contributed by atoms with E-state index < -0.39 is 23.3 Å². The van der Waals surface area contributed by atoms with Crippen molar-refractivity contribution >= 4 is 0 Å². The Hall–Kier alpha value is -3.28. The number of hydrogen-bond donors (Lipinski definition) is 0. The van der Waals surface area contributed by atoms with E-state index >= 15 is 0 Å². The van der Waals surface area contributed by atoms with Crippen LogP contribution in [0.1, 0.15) is 56.1 Å². The van der Waals surface area contributed by atoms with E-state index in [4.69, 9.17) is 9.47 Å². The van der Waals surface area contributed by atoms with Gasteiger partial charge in [0.15, 0.2) is 23.1 Å². The maximum atomic E-state index is 14.8. The molecule has 3 aromatic rings. The van der Waals surface area contributed by atoms with Crippen LogP contribution in [0.25, 0.3) is 11.1 Å². The molecule has 0 heterocycles. The summed E-state index contributed by atoms with van der Waals surface area (Å²) in [5, 5.41) is 0. The van der Waals surface area contributed by atoms with Crippen LogP contribution in [0.5, 0.6) is 11.5 Å². The third-order valence-electron chi connectivity index (χ3n) is 6.82. The molecule has 6 heteroatoms. The first kappa shape index (κ1) is 25.8. The molecule has 0 N–H and O–H groups in total. The van der Waals surface area contributed by atoms with Crippen molar-refractivity contribution in [3.05, 3.63) is 95.6 Å². The van der Waals surface area contributed by atoms with Crippen LogP contribution in [0.2, 0.25) is 0 Å². The molecule has 0 aliphatic heterocycles. The Morgan fingerprint density at radius 3 is 2.11 bits per heavy atom. The minimum Gasteiger partial charge on any atom is -0.490 e. The topological polar surface area (TPSA) is 18.5 Å². The third-order valence-corrected chi connectivity index (χ3v) is 6.82. The molecule has 0 atom stereocenters. The van der Waals surface area contributed by atoms with Gasteiger partial charge in [0.1, 0.15) is 6.61 Å². The van der Waals surface area contributed by atoms with E-state index in [9.17, 15) is 17.6 Å². The summed E-state index contributed by atoms with van der Waals surface area (Å²) in [4.78, 5) is 0. The van der Waals surface area contributed by atoms with Crippen LogP contribution in [-0.4, -0.2) is 6.61 Å². The van der Waals surface area contributed by atoms with Crippen molar-refractivity contribution in [2.45, 2.75) is 51.6 Å². The molecule has 1 fully saturated rings. The molecule has 2 nitrogen and oxygen atoms in total. The lowest BCUT2D eigenvalue weighted by Gasteiger charge is -2.27. The SMILES string of the molecule is C=CCCOc1ccc(-c2ccc(COc3ccc(C4CCC(C)CC4)c(F)c3F)cc2)c(F)c1F. The van der Waals surface area contributed by atoms with Gasteiger partial charge in [0.05, 0.1) is 6.61 Å². The van der Waals surface area contributed by atoms with E-state index in [0.717, 1.165) is 25.7 Å². The fourth-order valence-electron chi connectivity index (χ4n) is 4.60. The first-order valence-corrected chi connectivity index (χ1v) is 12.3. The average Bonchev–Trinajstić information content (AvgIpc) is 2.89. The molecule has 3 aromatic carbocycles. The minimum atomic E-state index is -1.05. The van der Waals surface area contributed by atoms with Gasteiger partial charge in [-0.1, -0.05) is 56.2 Å². The highest BCUT2D eigenvalue weighted by Gasteiger charge is 2.25. The van der Waals surface area contributed by atoms with Crippen LogP contribution in [0.15, 0.2) is 61.2 Å². The van der Waals surface area contributed by atoms with E-state index in [1.54, 1.807) is 36.4 Å². The maximum absolute atomic E-state index is 14.8. The highest BCUT2D eigenvalue weighted by molar-refractivity contribution is 5.65. The van der Waals surface area contributed by atoms with E-state index in [2.05, 4.69) is 13.5 Å². The van der Waals surface area contributed by atoms with Gasteiger partial charge >= 0.3 is 0 Å². The summed E-state index contributed by atoms with van der Waals surface area (Å²) in [7, 11) is 0. The van der Waals surface area contributed by atoms with Crippen LogP contribution in [0.3, 0.4) is 0 Å². The summed E-state index contributed by atoms with van der Waals surface area (Å²) in [5.41, 5.74) is 1.66. The molecule has 36 heavy (non-hydrogen) atoms. The highest BCUT2D eigenvalue weighted by atomic mass is 19.2. The number of benzene rings is 3. The van der Waals surface area contributed by atoms with Crippen molar-refractivity contribution in [1.29, 1.82) is 0 Å². The molecule has 0 radical (unpaired) electrons. The van der Waals surface area contributed by atoms with Gasteiger partial charge in [0, 0.05) is 5.56 Å². The van der Waals surface area contributed by atoms with Gasteiger partial charge in [0.2, 0.25) is 11.6 Å². The molecule has 0 bridgehead atoms. The molecule has 0 amide bonds. The number of rotatable bonds is 9. The highest BCUT2D eigenvalue weighted by Crippen LogP contribution is 2.38. The number of halogens is 4. The Kier molecular flexibility index (Phi) is 8.34. The predicted molar refractivity (Wildman–Crippen MR) is 133 cm³/mol. The van der Waals surface area contributed by atoms with Crippen LogP contribution >= 0.6 is 0 Å². The fourth-order valence-corrected chi connectivity index (χ4v) is 4.60. The molecular formula is C30H30F4O2. The Morgan fingerprint density at radius 2 is 1.42 bits per heavy atom. The average molecular weight is 499 g/mol. The molecule has 1 aliphatic rings. The summed E-state index contributed by atoms with van der Waals surface area (Å²) in [6.07, 6.45) is 5.91. The van der Waals surface area contributed by atoms with Crippen molar-refractivity contribution < 1.29 is 27.0 Å². The Labute approximate surface area is 209 Å². The molecule has 1 aliphatic carbocycles. The minimum absolute atomic E-state index is 0.00382. The molecule has 0 spiro atoms. The van der Waals surface area contributed by atoms with Gasteiger partial charge in [-0.25, -0.2) is 8.78 Å². The van der Waals surface area contributed by atoms with Crippen molar-refractivity contribution in [1.82, 2.24) is 0 Å². The summed E-state index contributed by atoms with van der Waals surface area (Å²) >= 11 is 0. The number of hydrogen-bond acceptors (Lipinski definition) is 2. The largest absolute Gasteiger partial charge is 0.490 e. The van der Waals surface area contributed by atoms with Crippen molar-refractivity contribution in [3.63, 3.8) is 0 Å². The molecular weight excluding hydrogens is 468 g/mol. The van der Waals surface area contributed by atoms with Crippen LogP contribution in [0.4, 0.5) is 17.6 Å². The van der Waals surface area contributed by atoms with E-state index in [-0.39, 0.29) is 36.2 Å². The number of ether oxygens (including phenoxy) is 2. The van der Waals surface area contributed by atoms with Crippen LogP contribution in [0, 0.1) is 29.2 Å².